The first-order valence-electron chi connectivity index (χ1n) is 12.6. The third kappa shape index (κ3) is 4.36. The van der Waals surface area contributed by atoms with E-state index in [9.17, 15) is 4.79 Å². The monoisotopic (exact) mass is 482 g/mol. The van der Waals surface area contributed by atoms with Gasteiger partial charge in [0.2, 0.25) is 5.91 Å². The molecule has 0 bridgehead atoms. The second kappa shape index (κ2) is 9.22. The average Bonchev–Trinajstić information content (AvgIpc) is 3.55. The Morgan fingerprint density at radius 1 is 1.17 bits per heavy atom. The highest BCUT2D eigenvalue weighted by molar-refractivity contribution is 5.81. The Labute approximate surface area is 209 Å². The van der Waals surface area contributed by atoms with E-state index in [2.05, 4.69) is 30.5 Å². The van der Waals surface area contributed by atoms with Gasteiger partial charge in [-0.2, -0.15) is 0 Å². The van der Waals surface area contributed by atoms with E-state index in [0.29, 0.717) is 17.5 Å². The largest absolute Gasteiger partial charge is 0.361 e. The van der Waals surface area contributed by atoms with Crippen LogP contribution in [0.1, 0.15) is 32.1 Å². The number of aromatic amines is 1. The van der Waals surface area contributed by atoms with Crippen LogP contribution in [0, 0.1) is 11.3 Å². The molecule has 0 aromatic carbocycles. The van der Waals surface area contributed by atoms with Gasteiger partial charge < -0.3 is 20.5 Å². The van der Waals surface area contributed by atoms with Crippen molar-refractivity contribution in [2.75, 3.05) is 30.4 Å². The van der Waals surface area contributed by atoms with Gasteiger partial charge in [-0.25, -0.2) is 15.0 Å². The second-order valence-electron chi connectivity index (χ2n) is 10.0. The molecule has 4 aromatic rings. The topological polar surface area (TPSA) is 112 Å². The summed E-state index contributed by atoms with van der Waals surface area (Å²) in [5, 5.41) is 7.29. The van der Waals surface area contributed by atoms with Crippen molar-refractivity contribution in [3.05, 3.63) is 55.1 Å². The van der Waals surface area contributed by atoms with Crippen molar-refractivity contribution < 1.29 is 4.79 Å². The number of hydrogen-bond donors (Lipinski definition) is 3. The number of H-pyrrole nitrogens is 1. The van der Waals surface area contributed by atoms with E-state index < -0.39 is 0 Å². The number of nitrogens with zero attached hydrogens (tertiary/aromatic N) is 5. The molecular formula is C27H30N8O. The quantitative estimate of drug-likeness (QED) is 0.389. The zero-order valence-electron chi connectivity index (χ0n) is 20.4. The van der Waals surface area contributed by atoms with Crippen LogP contribution in [0.2, 0.25) is 0 Å². The SMILES string of the molecule is CNC(=O)C1CCCC2(CCN(c3cc(Nc4cc5[nH]ccc5cn4)nc(-c4cccnc4)n3)C2)C1. The van der Waals surface area contributed by atoms with E-state index in [4.69, 9.17) is 9.97 Å². The maximum absolute atomic E-state index is 12.4. The lowest BCUT2D eigenvalue weighted by atomic mass is 9.69. The van der Waals surface area contributed by atoms with Crippen LogP contribution in [0.15, 0.2) is 55.1 Å². The van der Waals surface area contributed by atoms with Crippen LogP contribution in [-0.2, 0) is 4.79 Å². The lowest BCUT2D eigenvalue weighted by Gasteiger charge is -2.37. The van der Waals surface area contributed by atoms with Gasteiger partial charge in [0.05, 0.1) is 5.52 Å². The predicted octanol–water partition coefficient (Wildman–Crippen LogP) is 4.29. The Bertz CT molecular complexity index is 1390. The minimum atomic E-state index is 0.103. The van der Waals surface area contributed by atoms with Gasteiger partial charge in [0.15, 0.2) is 5.82 Å². The zero-order chi connectivity index (χ0) is 24.5. The molecule has 1 aliphatic heterocycles. The summed E-state index contributed by atoms with van der Waals surface area (Å²) in [4.78, 5) is 36.5. The number of aromatic nitrogens is 5. The van der Waals surface area contributed by atoms with Gasteiger partial charge in [-0.1, -0.05) is 6.42 Å². The number of rotatable bonds is 5. The highest BCUT2D eigenvalue weighted by Gasteiger charge is 2.43. The molecule has 0 radical (unpaired) electrons. The molecule has 2 atom stereocenters. The summed E-state index contributed by atoms with van der Waals surface area (Å²) in [6, 6.07) is 9.84. The molecule has 1 saturated carbocycles. The minimum absolute atomic E-state index is 0.103. The standard InChI is InChI=1S/C27H30N8O/c1-28-26(36)18-4-2-7-27(14-18)8-11-35(17-27)24-13-23(33-25(34-24)20-5-3-9-29-15-20)32-22-12-21-19(16-31-22)6-10-30-21/h3,5-6,9-10,12-13,15-16,18,30H,2,4,7-8,11,14,17H2,1H3,(H,28,36)(H,31,32,33,34). The molecule has 4 aromatic heterocycles. The summed E-state index contributed by atoms with van der Waals surface area (Å²) in [6.45, 7) is 1.81. The number of nitrogens with one attached hydrogen (secondary N) is 3. The van der Waals surface area contributed by atoms with Gasteiger partial charge in [-0.05, 0) is 49.3 Å². The summed E-state index contributed by atoms with van der Waals surface area (Å²) in [5.41, 5.74) is 2.03. The molecule has 1 spiro atoms. The molecule has 2 aliphatic rings. The van der Waals surface area contributed by atoms with Gasteiger partial charge in [0.25, 0.3) is 0 Å². The first-order valence-corrected chi connectivity index (χ1v) is 12.6. The fourth-order valence-corrected chi connectivity index (χ4v) is 5.81. The maximum atomic E-state index is 12.4. The molecule has 9 nitrogen and oxygen atoms in total. The van der Waals surface area contributed by atoms with E-state index in [1.165, 1.54) is 0 Å². The summed E-state index contributed by atoms with van der Waals surface area (Å²) in [6.07, 6.45) is 12.5. The van der Waals surface area contributed by atoms with Crippen LogP contribution in [0.5, 0.6) is 0 Å². The highest BCUT2D eigenvalue weighted by Crippen LogP contribution is 2.47. The van der Waals surface area contributed by atoms with Gasteiger partial charge in [0.1, 0.15) is 17.5 Å². The van der Waals surface area contributed by atoms with E-state index >= 15 is 0 Å². The van der Waals surface area contributed by atoms with Crippen molar-refractivity contribution in [2.24, 2.45) is 11.3 Å². The molecule has 3 N–H and O–H groups in total. The van der Waals surface area contributed by atoms with Crippen molar-refractivity contribution >= 4 is 34.3 Å². The number of carbonyl (C=O) groups excluding carboxylic acids is 1. The third-order valence-corrected chi connectivity index (χ3v) is 7.64. The van der Waals surface area contributed by atoms with E-state index in [-0.39, 0.29) is 17.2 Å². The summed E-state index contributed by atoms with van der Waals surface area (Å²) >= 11 is 0. The van der Waals surface area contributed by atoms with Crippen LogP contribution in [0.4, 0.5) is 17.5 Å². The zero-order valence-corrected chi connectivity index (χ0v) is 20.4. The first kappa shape index (κ1) is 22.5. The van der Waals surface area contributed by atoms with Gasteiger partial charge in [-0.3, -0.25) is 9.78 Å². The van der Waals surface area contributed by atoms with Crippen molar-refractivity contribution in [1.29, 1.82) is 0 Å². The Hall–Kier alpha value is -4.01. The Morgan fingerprint density at radius 2 is 2.11 bits per heavy atom. The Morgan fingerprint density at radius 3 is 2.97 bits per heavy atom. The van der Waals surface area contributed by atoms with Crippen molar-refractivity contribution in [2.45, 2.75) is 32.1 Å². The first-order chi connectivity index (χ1) is 17.6. The van der Waals surface area contributed by atoms with Crippen LogP contribution < -0.4 is 15.5 Å². The van der Waals surface area contributed by atoms with Gasteiger partial charge in [0, 0.05) is 73.9 Å². The molecule has 36 heavy (non-hydrogen) atoms. The van der Waals surface area contributed by atoms with Crippen molar-refractivity contribution in [3.63, 3.8) is 0 Å². The summed E-state index contributed by atoms with van der Waals surface area (Å²) in [7, 11) is 1.74. The number of hydrogen-bond acceptors (Lipinski definition) is 7. The van der Waals surface area contributed by atoms with E-state index in [0.717, 1.165) is 67.5 Å². The number of fused-ring (bicyclic) bond motifs is 1. The smallest absolute Gasteiger partial charge is 0.222 e. The van der Waals surface area contributed by atoms with Crippen molar-refractivity contribution in [1.82, 2.24) is 30.2 Å². The van der Waals surface area contributed by atoms with Crippen LogP contribution in [0.25, 0.3) is 22.3 Å². The molecule has 5 heterocycles. The number of pyridine rings is 2. The summed E-state index contributed by atoms with van der Waals surface area (Å²) in [5.74, 6) is 3.18. The molecule has 2 fully saturated rings. The molecule has 184 valence electrons. The molecule has 9 heteroatoms. The minimum Gasteiger partial charge on any atom is -0.361 e. The van der Waals surface area contributed by atoms with Gasteiger partial charge in [-0.15, -0.1) is 0 Å². The lowest BCUT2D eigenvalue weighted by molar-refractivity contribution is -0.126. The van der Waals surface area contributed by atoms with Crippen LogP contribution in [-0.4, -0.2) is 51.0 Å². The normalized spacial score (nSPS) is 21.7. The number of anilines is 3. The molecular weight excluding hydrogens is 452 g/mol. The van der Waals surface area contributed by atoms with Crippen LogP contribution >= 0.6 is 0 Å². The second-order valence-corrected chi connectivity index (χ2v) is 10.0. The molecule has 2 unspecified atom stereocenters. The fourth-order valence-electron chi connectivity index (χ4n) is 5.81. The Kier molecular flexibility index (Phi) is 5.75. The molecule has 1 saturated heterocycles. The fraction of sp³-hybridized carbons (Fsp3) is 0.370. The molecule has 6 rings (SSSR count). The highest BCUT2D eigenvalue weighted by atomic mass is 16.1. The number of carbonyl (C=O) groups is 1. The predicted molar refractivity (Wildman–Crippen MR) is 140 cm³/mol. The van der Waals surface area contributed by atoms with Gasteiger partial charge >= 0.3 is 0 Å². The lowest BCUT2D eigenvalue weighted by Crippen LogP contribution is -2.38. The van der Waals surface area contributed by atoms with E-state index in [1.54, 1.807) is 19.4 Å². The molecule has 1 amide bonds. The Balaban J connectivity index is 1.31. The summed E-state index contributed by atoms with van der Waals surface area (Å²) < 4.78 is 0. The average molecular weight is 483 g/mol. The third-order valence-electron chi connectivity index (χ3n) is 7.64. The van der Waals surface area contributed by atoms with Crippen molar-refractivity contribution in [3.8, 4) is 11.4 Å². The number of amides is 1. The van der Waals surface area contributed by atoms with Crippen LogP contribution in [0.3, 0.4) is 0 Å². The maximum Gasteiger partial charge on any atom is 0.222 e. The van der Waals surface area contributed by atoms with E-state index in [1.807, 2.05) is 42.7 Å². The molecule has 1 aliphatic carbocycles.